The van der Waals surface area contributed by atoms with Crippen molar-refractivity contribution in [1.29, 1.82) is 0 Å². The Morgan fingerprint density at radius 2 is 1.91 bits per heavy atom. The van der Waals surface area contributed by atoms with Gasteiger partial charge in [-0.05, 0) is 24.6 Å². The Kier molecular flexibility index (Phi) is 4.11. The lowest BCUT2D eigenvalue weighted by molar-refractivity contribution is -0.384. The maximum Gasteiger partial charge on any atom is 0.271 e. The van der Waals surface area contributed by atoms with Crippen LogP contribution in [-0.2, 0) is 4.79 Å². The lowest BCUT2D eigenvalue weighted by Gasteiger charge is -2.16. The Hall–Kier alpha value is -2.34. The molecule has 0 radical (unpaired) electrons. The number of non-ortho nitro benzene ring substituents is 1. The van der Waals surface area contributed by atoms with Crippen LogP contribution in [0.1, 0.15) is 6.42 Å². The number of nitrogens with zero attached hydrogens (tertiary/aromatic N) is 2. The molecule has 0 bridgehead atoms. The van der Waals surface area contributed by atoms with Crippen LogP contribution in [0.3, 0.4) is 0 Å². The van der Waals surface area contributed by atoms with Gasteiger partial charge < -0.3 is 4.90 Å². The highest BCUT2D eigenvalue weighted by Gasteiger charge is 2.33. The molecule has 0 saturated carbocycles. The molecule has 0 aliphatic carbocycles. The summed E-state index contributed by atoms with van der Waals surface area (Å²) in [5, 5.41) is 10.7. The fourth-order valence-corrected chi connectivity index (χ4v) is 3.55. The van der Waals surface area contributed by atoms with Gasteiger partial charge in [0.2, 0.25) is 5.91 Å². The molecule has 22 heavy (non-hydrogen) atoms. The third-order valence-electron chi connectivity index (χ3n) is 3.53. The van der Waals surface area contributed by atoms with E-state index in [4.69, 9.17) is 0 Å². The van der Waals surface area contributed by atoms with Gasteiger partial charge in [-0.3, -0.25) is 14.9 Å². The smallest absolute Gasteiger partial charge is 0.271 e. The molecule has 1 unspecified atom stereocenters. The van der Waals surface area contributed by atoms with Gasteiger partial charge in [-0.15, -0.1) is 11.8 Å². The van der Waals surface area contributed by atoms with Gasteiger partial charge in [-0.25, -0.2) is 0 Å². The average Bonchev–Trinajstić information content (AvgIpc) is 2.89. The molecule has 1 amide bonds. The minimum absolute atomic E-state index is 0.00413. The summed E-state index contributed by atoms with van der Waals surface area (Å²) in [6.07, 6.45) is 0.737. The topological polar surface area (TPSA) is 63.5 Å². The summed E-state index contributed by atoms with van der Waals surface area (Å²) < 4.78 is 0. The van der Waals surface area contributed by atoms with E-state index >= 15 is 0 Å². The van der Waals surface area contributed by atoms with Gasteiger partial charge in [0.15, 0.2) is 0 Å². The third-order valence-corrected chi connectivity index (χ3v) is 4.80. The Balaban J connectivity index is 1.76. The Bertz CT molecular complexity index is 706. The standard InChI is InChI=1S/C16H14N2O3S/c19-16-15(22-14-7-2-1-3-8-14)9-10-17(16)12-5-4-6-13(11-12)18(20)21/h1-8,11,15H,9-10H2. The van der Waals surface area contributed by atoms with Crippen LogP contribution in [0.2, 0.25) is 0 Å². The van der Waals surface area contributed by atoms with Gasteiger partial charge in [-0.2, -0.15) is 0 Å². The molecule has 2 aromatic rings. The highest BCUT2D eigenvalue weighted by molar-refractivity contribution is 8.00. The van der Waals surface area contributed by atoms with Gasteiger partial charge in [0.05, 0.1) is 15.9 Å². The second-order valence-electron chi connectivity index (χ2n) is 4.98. The van der Waals surface area contributed by atoms with Crippen LogP contribution in [0.15, 0.2) is 59.5 Å². The molecule has 1 atom stereocenters. The van der Waals surface area contributed by atoms with E-state index in [1.807, 2.05) is 30.3 Å². The average molecular weight is 314 g/mol. The van der Waals surface area contributed by atoms with E-state index < -0.39 is 4.92 Å². The minimum atomic E-state index is -0.444. The Morgan fingerprint density at radius 3 is 2.64 bits per heavy atom. The molecular weight excluding hydrogens is 300 g/mol. The maximum absolute atomic E-state index is 12.5. The summed E-state index contributed by atoms with van der Waals surface area (Å²) in [6, 6.07) is 16.0. The number of amides is 1. The number of nitro groups is 1. The quantitative estimate of drug-likeness (QED) is 0.640. The zero-order valence-corrected chi connectivity index (χ0v) is 12.5. The van der Waals surface area contributed by atoms with E-state index in [0.717, 1.165) is 11.3 Å². The van der Waals surface area contributed by atoms with Crippen molar-refractivity contribution in [3.8, 4) is 0 Å². The lowest BCUT2D eigenvalue weighted by Crippen LogP contribution is -2.27. The van der Waals surface area contributed by atoms with E-state index in [1.54, 1.807) is 28.8 Å². The molecule has 0 aromatic heterocycles. The Labute approximate surface area is 132 Å². The largest absolute Gasteiger partial charge is 0.311 e. The first kappa shape index (κ1) is 14.6. The number of anilines is 1. The number of hydrogen-bond donors (Lipinski definition) is 0. The third kappa shape index (κ3) is 2.96. The van der Waals surface area contributed by atoms with Crippen LogP contribution in [0, 0.1) is 10.1 Å². The van der Waals surface area contributed by atoms with Gasteiger partial charge in [0, 0.05) is 23.6 Å². The van der Waals surface area contributed by atoms with Crippen LogP contribution in [-0.4, -0.2) is 22.6 Å². The second kappa shape index (κ2) is 6.19. The van der Waals surface area contributed by atoms with Crippen molar-refractivity contribution in [2.75, 3.05) is 11.4 Å². The normalized spacial score (nSPS) is 17.7. The van der Waals surface area contributed by atoms with Crippen LogP contribution in [0.4, 0.5) is 11.4 Å². The number of carbonyl (C=O) groups is 1. The molecule has 3 rings (SSSR count). The van der Waals surface area contributed by atoms with Crippen molar-refractivity contribution < 1.29 is 9.72 Å². The molecule has 1 saturated heterocycles. The van der Waals surface area contributed by atoms with Crippen LogP contribution in [0.25, 0.3) is 0 Å². The number of thioether (sulfide) groups is 1. The predicted molar refractivity (Wildman–Crippen MR) is 86.2 cm³/mol. The van der Waals surface area contributed by atoms with E-state index in [9.17, 15) is 14.9 Å². The van der Waals surface area contributed by atoms with Gasteiger partial charge >= 0.3 is 0 Å². The van der Waals surface area contributed by atoms with Crippen LogP contribution < -0.4 is 4.90 Å². The molecular formula is C16H14N2O3S. The number of hydrogen-bond acceptors (Lipinski definition) is 4. The van der Waals surface area contributed by atoms with E-state index in [0.29, 0.717) is 12.2 Å². The molecule has 112 valence electrons. The minimum Gasteiger partial charge on any atom is -0.311 e. The molecule has 0 spiro atoms. The summed E-state index contributed by atoms with van der Waals surface area (Å²) in [5.74, 6) is 0.00866. The molecule has 1 aliphatic heterocycles. The van der Waals surface area contributed by atoms with Crippen molar-refractivity contribution in [2.24, 2.45) is 0 Å². The highest BCUT2D eigenvalue weighted by atomic mass is 32.2. The van der Waals surface area contributed by atoms with E-state index in [2.05, 4.69) is 0 Å². The number of benzene rings is 2. The zero-order chi connectivity index (χ0) is 15.5. The Morgan fingerprint density at radius 1 is 1.14 bits per heavy atom. The first-order chi connectivity index (χ1) is 10.6. The summed E-state index contributed by atoms with van der Waals surface area (Å²) in [4.78, 5) is 25.6. The highest BCUT2D eigenvalue weighted by Crippen LogP contribution is 2.33. The zero-order valence-electron chi connectivity index (χ0n) is 11.7. The van der Waals surface area contributed by atoms with Gasteiger partial charge in [-0.1, -0.05) is 24.3 Å². The van der Waals surface area contributed by atoms with Crippen molar-refractivity contribution in [1.82, 2.24) is 0 Å². The summed E-state index contributed by atoms with van der Waals surface area (Å²) in [6.45, 7) is 0.588. The second-order valence-corrected chi connectivity index (χ2v) is 6.25. The first-order valence-corrected chi connectivity index (χ1v) is 7.80. The summed E-state index contributed by atoms with van der Waals surface area (Å²) in [7, 11) is 0. The van der Waals surface area contributed by atoms with Crippen LogP contribution in [0.5, 0.6) is 0 Å². The summed E-state index contributed by atoms with van der Waals surface area (Å²) in [5.41, 5.74) is 0.597. The number of carbonyl (C=O) groups excluding carboxylic acids is 1. The van der Waals surface area contributed by atoms with Crippen molar-refractivity contribution in [2.45, 2.75) is 16.6 Å². The molecule has 2 aromatic carbocycles. The number of rotatable bonds is 4. The fourth-order valence-electron chi connectivity index (χ4n) is 2.46. The lowest BCUT2D eigenvalue weighted by atomic mass is 10.2. The number of nitro benzene ring substituents is 1. The molecule has 0 N–H and O–H groups in total. The van der Waals surface area contributed by atoms with Gasteiger partial charge in [0.25, 0.3) is 5.69 Å². The fraction of sp³-hybridized carbons (Fsp3) is 0.188. The molecule has 1 heterocycles. The van der Waals surface area contributed by atoms with Crippen molar-refractivity contribution >= 4 is 29.0 Å². The molecule has 1 aliphatic rings. The monoisotopic (exact) mass is 314 g/mol. The predicted octanol–water partition coefficient (Wildman–Crippen LogP) is 3.49. The SMILES string of the molecule is O=C1C(Sc2ccccc2)CCN1c1cccc([N+](=O)[O-])c1. The van der Waals surface area contributed by atoms with Crippen LogP contribution >= 0.6 is 11.8 Å². The van der Waals surface area contributed by atoms with Crippen molar-refractivity contribution in [3.63, 3.8) is 0 Å². The molecule has 6 heteroatoms. The first-order valence-electron chi connectivity index (χ1n) is 6.93. The van der Waals surface area contributed by atoms with Crippen molar-refractivity contribution in [3.05, 3.63) is 64.7 Å². The maximum atomic E-state index is 12.5. The van der Waals surface area contributed by atoms with Gasteiger partial charge in [0.1, 0.15) is 0 Å². The summed E-state index contributed by atoms with van der Waals surface area (Å²) >= 11 is 1.54. The molecule has 1 fully saturated rings. The molecule has 5 nitrogen and oxygen atoms in total. The van der Waals surface area contributed by atoms with E-state index in [1.165, 1.54) is 12.1 Å². The van der Waals surface area contributed by atoms with E-state index in [-0.39, 0.29) is 16.8 Å².